The van der Waals surface area contributed by atoms with Gasteiger partial charge in [-0.15, -0.1) is 11.3 Å². The van der Waals surface area contributed by atoms with Crippen LogP contribution in [0.4, 0.5) is 0 Å². The Balaban J connectivity index is 2.53. The molecule has 0 fully saturated rings. The van der Waals surface area contributed by atoms with E-state index in [4.69, 9.17) is 0 Å². The van der Waals surface area contributed by atoms with Crippen LogP contribution in [0.15, 0.2) is 30.6 Å². The van der Waals surface area contributed by atoms with Crippen molar-refractivity contribution in [3.05, 3.63) is 35.5 Å². The van der Waals surface area contributed by atoms with Gasteiger partial charge < -0.3 is 4.90 Å². The lowest BCUT2D eigenvalue weighted by Gasteiger charge is -2.14. The number of nitrogens with zero attached hydrogens (tertiary/aromatic N) is 2. The molecular weight excluding hydrogens is 220 g/mol. The second-order valence-electron chi connectivity index (χ2n) is 3.61. The minimum Gasteiger partial charge on any atom is -0.376 e. The van der Waals surface area contributed by atoms with Gasteiger partial charge in [0.1, 0.15) is 6.29 Å². The summed E-state index contributed by atoms with van der Waals surface area (Å²) >= 11 is 1.66. The molecule has 16 heavy (non-hydrogen) atoms. The Hall–Kier alpha value is -1.68. The smallest absolute Gasteiger partial charge is 0.144 e. The van der Waals surface area contributed by atoms with E-state index in [1.807, 2.05) is 31.3 Å². The minimum absolute atomic E-state index is 0.817. The first-order chi connectivity index (χ1) is 7.72. The van der Waals surface area contributed by atoms with Crippen molar-refractivity contribution in [2.75, 3.05) is 14.1 Å². The Morgan fingerprint density at radius 2 is 2.31 bits per heavy atom. The van der Waals surface area contributed by atoms with Crippen molar-refractivity contribution in [1.29, 1.82) is 0 Å². The first-order valence-corrected chi connectivity index (χ1v) is 5.70. The summed E-state index contributed by atoms with van der Waals surface area (Å²) in [5, 5.41) is 1.11. The summed E-state index contributed by atoms with van der Waals surface area (Å²) in [6, 6.07) is 4.04. The van der Waals surface area contributed by atoms with Crippen LogP contribution in [0.3, 0.4) is 0 Å². The van der Waals surface area contributed by atoms with Crippen LogP contribution in [-0.2, 0) is 4.79 Å². The lowest BCUT2D eigenvalue weighted by atomic mass is 10.2. The molecule has 0 saturated carbocycles. The maximum atomic E-state index is 10.6. The number of fused-ring (bicyclic) bond motifs is 1. The minimum atomic E-state index is 0.817. The third-order valence-corrected chi connectivity index (χ3v) is 3.42. The summed E-state index contributed by atoms with van der Waals surface area (Å²) in [6.45, 7) is 0. The first kappa shape index (κ1) is 10.8. The van der Waals surface area contributed by atoms with Crippen LogP contribution in [0.2, 0.25) is 0 Å². The highest BCUT2D eigenvalue weighted by Crippen LogP contribution is 2.30. The van der Waals surface area contributed by atoms with Gasteiger partial charge in [-0.1, -0.05) is 0 Å². The van der Waals surface area contributed by atoms with E-state index in [9.17, 15) is 4.79 Å². The van der Waals surface area contributed by atoms with E-state index < -0.39 is 0 Å². The number of pyridine rings is 1. The largest absolute Gasteiger partial charge is 0.376 e. The molecule has 0 aliphatic carbocycles. The fourth-order valence-electron chi connectivity index (χ4n) is 1.53. The lowest BCUT2D eigenvalue weighted by Crippen LogP contribution is -2.08. The number of hydrogen-bond donors (Lipinski definition) is 0. The Morgan fingerprint density at radius 3 is 2.94 bits per heavy atom. The zero-order valence-electron chi connectivity index (χ0n) is 9.18. The van der Waals surface area contributed by atoms with Crippen molar-refractivity contribution in [1.82, 2.24) is 9.88 Å². The van der Waals surface area contributed by atoms with E-state index in [1.165, 1.54) is 4.70 Å². The maximum Gasteiger partial charge on any atom is 0.144 e. The molecule has 0 aromatic carbocycles. The van der Waals surface area contributed by atoms with Gasteiger partial charge in [0.25, 0.3) is 0 Å². The Bertz CT molecular complexity index is 510. The lowest BCUT2D eigenvalue weighted by molar-refractivity contribution is -0.104. The van der Waals surface area contributed by atoms with Crippen LogP contribution < -0.4 is 0 Å². The fourth-order valence-corrected chi connectivity index (χ4v) is 2.66. The number of carbonyl (C=O) groups is 1. The number of thiophene rings is 1. The van der Waals surface area contributed by atoms with E-state index in [1.54, 1.807) is 23.6 Å². The molecule has 0 saturated heterocycles. The number of aromatic nitrogens is 1. The topological polar surface area (TPSA) is 33.2 Å². The summed E-state index contributed by atoms with van der Waals surface area (Å²) in [5.74, 6) is 0. The molecule has 0 spiro atoms. The first-order valence-electron chi connectivity index (χ1n) is 4.89. The van der Waals surface area contributed by atoms with Gasteiger partial charge in [-0.2, -0.15) is 0 Å². The van der Waals surface area contributed by atoms with Gasteiger partial charge in [0.2, 0.25) is 0 Å². The molecule has 82 valence electrons. The predicted molar refractivity (Wildman–Crippen MR) is 67.3 cm³/mol. The molecule has 4 heteroatoms. The molecule has 2 rings (SSSR count). The number of allylic oxidation sites excluding steroid dienone is 1. The average molecular weight is 232 g/mol. The van der Waals surface area contributed by atoms with E-state index in [2.05, 4.69) is 11.1 Å². The Morgan fingerprint density at radius 1 is 1.50 bits per heavy atom. The number of rotatable bonds is 3. The molecule has 2 heterocycles. The maximum absolute atomic E-state index is 10.6. The number of carbonyl (C=O) groups excluding carboxylic acids is 1. The highest BCUT2D eigenvalue weighted by atomic mass is 32.1. The van der Waals surface area contributed by atoms with Crippen molar-refractivity contribution >= 4 is 33.4 Å². The van der Waals surface area contributed by atoms with Gasteiger partial charge in [0.15, 0.2) is 0 Å². The standard InChI is InChI=1S/C12H12N2OS/c1-14(2)10(4-6-15)12-7-9-8-13-5-3-11(9)16-12/h3-8H,1-2H3/b10-4+. The van der Waals surface area contributed by atoms with Crippen molar-refractivity contribution in [2.45, 2.75) is 0 Å². The van der Waals surface area contributed by atoms with Crippen LogP contribution in [0.1, 0.15) is 4.88 Å². The summed E-state index contributed by atoms with van der Waals surface area (Å²) in [6.07, 6.45) is 6.01. The third kappa shape index (κ3) is 1.97. The molecule has 0 aliphatic rings. The molecule has 0 bridgehead atoms. The molecule has 0 radical (unpaired) electrons. The molecule has 0 N–H and O–H groups in total. The molecular formula is C12H12N2OS. The molecule has 3 nitrogen and oxygen atoms in total. The Kier molecular flexibility index (Phi) is 3.01. The zero-order chi connectivity index (χ0) is 11.5. The molecule has 0 atom stereocenters. The SMILES string of the molecule is CN(C)/C(=C/C=O)c1cc2cnccc2s1. The molecule has 0 aliphatic heterocycles. The summed E-state index contributed by atoms with van der Waals surface area (Å²) < 4.78 is 1.18. The fraction of sp³-hybridized carbons (Fsp3) is 0.167. The molecule has 0 unspecified atom stereocenters. The Labute approximate surface area is 98.0 Å². The summed E-state index contributed by atoms with van der Waals surface area (Å²) in [5.41, 5.74) is 0.927. The molecule has 0 amide bonds. The zero-order valence-corrected chi connectivity index (χ0v) is 9.99. The van der Waals surface area contributed by atoms with Crippen LogP contribution in [0.25, 0.3) is 15.8 Å². The van der Waals surface area contributed by atoms with Gasteiger partial charge in [-0.25, -0.2) is 0 Å². The molecule has 2 aromatic heterocycles. The van der Waals surface area contributed by atoms with Gasteiger partial charge >= 0.3 is 0 Å². The van der Waals surface area contributed by atoms with Gasteiger partial charge in [-0.05, 0) is 12.1 Å². The van der Waals surface area contributed by atoms with Crippen molar-refractivity contribution in [3.8, 4) is 0 Å². The highest BCUT2D eigenvalue weighted by Gasteiger charge is 2.08. The van der Waals surface area contributed by atoms with Crippen LogP contribution in [0, 0.1) is 0 Å². The van der Waals surface area contributed by atoms with Gasteiger partial charge in [-0.3, -0.25) is 9.78 Å². The van der Waals surface area contributed by atoms with E-state index in [0.29, 0.717) is 0 Å². The van der Waals surface area contributed by atoms with Crippen molar-refractivity contribution in [2.24, 2.45) is 0 Å². The van der Waals surface area contributed by atoms with E-state index in [0.717, 1.165) is 22.2 Å². The highest BCUT2D eigenvalue weighted by molar-refractivity contribution is 7.20. The number of hydrogen-bond acceptors (Lipinski definition) is 4. The normalized spacial score (nSPS) is 11.8. The number of aldehydes is 1. The molecule has 2 aromatic rings. The van der Waals surface area contributed by atoms with Gasteiger partial charge in [0, 0.05) is 42.7 Å². The van der Waals surface area contributed by atoms with Crippen LogP contribution in [-0.4, -0.2) is 30.3 Å². The van der Waals surface area contributed by atoms with Gasteiger partial charge in [0.05, 0.1) is 10.6 Å². The third-order valence-electron chi connectivity index (χ3n) is 2.28. The average Bonchev–Trinajstić information content (AvgIpc) is 2.68. The predicted octanol–water partition coefficient (Wildman–Crippen LogP) is 2.40. The quantitative estimate of drug-likeness (QED) is 0.602. The second kappa shape index (κ2) is 4.45. The van der Waals surface area contributed by atoms with Crippen LogP contribution >= 0.6 is 11.3 Å². The van der Waals surface area contributed by atoms with E-state index in [-0.39, 0.29) is 0 Å². The summed E-state index contributed by atoms with van der Waals surface area (Å²) in [7, 11) is 3.86. The van der Waals surface area contributed by atoms with Crippen molar-refractivity contribution in [3.63, 3.8) is 0 Å². The summed E-state index contributed by atoms with van der Waals surface area (Å²) in [4.78, 5) is 17.7. The second-order valence-corrected chi connectivity index (χ2v) is 4.69. The van der Waals surface area contributed by atoms with E-state index >= 15 is 0 Å². The monoisotopic (exact) mass is 232 g/mol. The van der Waals surface area contributed by atoms with Crippen LogP contribution in [0.5, 0.6) is 0 Å². The van der Waals surface area contributed by atoms with Crippen molar-refractivity contribution < 1.29 is 4.79 Å².